The van der Waals surface area contributed by atoms with E-state index in [-0.39, 0.29) is 6.04 Å². The summed E-state index contributed by atoms with van der Waals surface area (Å²) in [5.74, 6) is 0.727. The van der Waals surface area contributed by atoms with Crippen molar-refractivity contribution >= 4 is 17.4 Å². The Balaban J connectivity index is 1.81. The van der Waals surface area contributed by atoms with Crippen molar-refractivity contribution in [1.82, 2.24) is 0 Å². The van der Waals surface area contributed by atoms with Crippen LogP contribution in [-0.2, 0) is 0 Å². The molecule has 0 spiro atoms. The van der Waals surface area contributed by atoms with Crippen LogP contribution in [0.25, 0.3) is 6.08 Å². The SMILES string of the molecule is CC(=Cc1ccccc1)C(N)c1sccc1C1CCCCC1. The number of hydrogen-bond acceptors (Lipinski definition) is 2. The van der Waals surface area contributed by atoms with Gasteiger partial charge in [0, 0.05) is 4.88 Å². The van der Waals surface area contributed by atoms with Gasteiger partial charge in [0.1, 0.15) is 0 Å². The van der Waals surface area contributed by atoms with E-state index in [1.54, 1.807) is 0 Å². The normalized spacial score (nSPS) is 18.4. The predicted octanol–water partition coefficient (Wildman–Crippen LogP) is 5.90. The molecule has 116 valence electrons. The summed E-state index contributed by atoms with van der Waals surface area (Å²) in [5, 5.41) is 2.22. The summed E-state index contributed by atoms with van der Waals surface area (Å²) in [4.78, 5) is 1.37. The average molecular weight is 311 g/mol. The lowest BCUT2D eigenvalue weighted by Gasteiger charge is -2.24. The fourth-order valence-corrected chi connectivity index (χ4v) is 4.51. The number of nitrogens with two attached hydrogens (primary N) is 1. The summed E-state index contributed by atoms with van der Waals surface area (Å²) in [6, 6.07) is 12.8. The third kappa shape index (κ3) is 3.50. The van der Waals surface area contributed by atoms with Crippen LogP contribution in [0.1, 0.15) is 67.0 Å². The second kappa shape index (κ2) is 7.26. The Morgan fingerprint density at radius 3 is 2.59 bits per heavy atom. The Hall–Kier alpha value is -1.38. The molecule has 22 heavy (non-hydrogen) atoms. The summed E-state index contributed by atoms with van der Waals surface area (Å²) in [7, 11) is 0. The van der Waals surface area contributed by atoms with Gasteiger partial charge in [-0.2, -0.15) is 0 Å². The van der Waals surface area contributed by atoms with Gasteiger partial charge in [-0.15, -0.1) is 11.3 Å². The minimum Gasteiger partial charge on any atom is -0.320 e. The van der Waals surface area contributed by atoms with Crippen molar-refractivity contribution in [2.24, 2.45) is 5.73 Å². The van der Waals surface area contributed by atoms with Gasteiger partial charge in [0.2, 0.25) is 0 Å². The van der Waals surface area contributed by atoms with Crippen molar-refractivity contribution in [1.29, 1.82) is 0 Å². The van der Waals surface area contributed by atoms with Crippen molar-refractivity contribution in [3.8, 4) is 0 Å². The van der Waals surface area contributed by atoms with E-state index in [0.29, 0.717) is 0 Å². The zero-order valence-corrected chi connectivity index (χ0v) is 14.1. The Kier molecular flexibility index (Phi) is 5.12. The van der Waals surface area contributed by atoms with Gasteiger partial charge in [0.15, 0.2) is 0 Å². The van der Waals surface area contributed by atoms with Crippen LogP contribution < -0.4 is 5.73 Å². The van der Waals surface area contributed by atoms with E-state index in [9.17, 15) is 0 Å². The smallest absolute Gasteiger partial charge is 0.0608 e. The zero-order valence-electron chi connectivity index (χ0n) is 13.3. The van der Waals surface area contributed by atoms with Crippen molar-refractivity contribution in [3.63, 3.8) is 0 Å². The summed E-state index contributed by atoms with van der Waals surface area (Å²) >= 11 is 1.82. The Morgan fingerprint density at radius 1 is 1.14 bits per heavy atom. The minimum absolute atomic E-state index is 0.0251. The zero-order chi connectivity index (χ0) is 15.4. The van der Waals surface area contributed by atoms with Crippen LogP contribution in [0.4, 0.5) is 0 Å². The largest absolute Gasteiger partial charge is 0.320 e. The lowest BCUT2D eigenvalue weighted by molar-refractivity contribution is 0.442. The highest BCUT2D eigenvalue weighted by Crippen LogP contribution is 2.39. The molecule has 1 unspecified atom stereocenters. The topological polar surface area (TPSA) is 26.0 Å². The average Bonchev–Trinajstić information content (AvgIpc) is 3.05. The molecule has 2 N–H and O–H groups in total. The first kappa shape index (κ1) is 15.5. The highest BCUT2D eigenvalue weighted by molar-refractivity contribution is 7.10. The Morgan fingerprint density at radius 2 is 1.86 bits per heavy atom. The maximum absolute atomic E-state index is 6.58. The predicted molar refractivity (Wildman–Crippen MR) is 97.2 cm³/mol. The van der Waals surface area contributed by atoms with E-state index >= 15 is 0 Å². The van der Waals surface area contributed by atoms with Crippen LogP contribution in [-0.4, -0.2) is 0 Å². The van der Waals surface area contributed by atoms with E-state index < -0.39 is 0 Å². The molecule has 1 nitrogen and oxygen atoms in total. The maximum atomic E-state index is 6.58. The summed E-state index contributed by atoms with van der Waals surface area (Å²) in [6.45, 7) is 2.15. The second-order valence-electron chi connectivity index (χ2n) is 6.35. The second-order valence-corrected chi connectivity index (χ2v) is 7.30. The van der Waals surface area contributed by atoms with Gasteiger partial charge in [0.25, 0.3) is 0 Å². The van der Waals surface area contributed by atoms with Crippen LogP contribution in [0.3, 0.4) is 0 Å². The van der Waals surface area contributed by atoms with E-state index in [2.05, 4.69) is 48.7 Å². The van der Waals surface area contributed by atoms with E-state index in [1.807, 2.05) is 17.4 Å². The number of rotatable bonds is 4. The van der Waals surface area contributed by atoms with Crippen molar-refractivity contribution in [2.75, 3.05) is 0 Å². The molecule has 1 aliphatic rings. The van der Waals surface area contributed by atoms with Crippen LogP contribution in [0, 0.1) is 0 Å². The first-order chi connectivity index (χ1) is 10.8. The molecule has 2 aromatic rings. The van der Waals surface area contributed by atoms with Crippen LogP contribution >= 0.6 is 11.3 Å². The maximum Gasteiger partial charge on any atom is 0.0608 e. The van der Waals surface area contributed by atoms with E-state index in [0.717, 1.165) is 5.92 Å². The van der Waals surface area contributed by atoms with Crippen LogP contribution in [0.2, 0.25) is 0 Å². The minimum atomic E-state index is 0.0251. The fourth-order valence-electron chi connectivity index (χ4n) is 3.44. The molecule has 0 saturated heterocycles. The third-order valence-electron chi connectivity index (χ3n) is 4.74. The molecule has 1 heterocycles. The molecule has 0 aliphatic heterocycles. The molecule has 0 radical (unpaired) electrons. The Labute approximate surface area is 137 Å². The van der Waals surface area contributed by atoms with Crippen LogP contribution in [0.15, 0.2) is 47.4 Å². The van der Waals surface area contributed by atoms with Crippen LogP contribution in [0.5, 0.6) is 0 Å². The van der Waals surface area contributed by atoms with Gasteiger partial charge in [-0.05, 0) is 48.3 Å². The summed E-state index contributed by atoms with van der Waals surface area (Å²) in [5.41, 5.74) is 10.6. The van der Waals surface area contributed by atoms with Gasteiger partial charge in [-0.3, -0.25) is 0 Å². The molecule has 2 heteroatoms. The highest BCUT2D eigenvalue weighted by atomic mass is 32.1. The monoisotopic (exact) mass is 311 g/mol. The molecule has 3 rings (SSSR count). The summed E-state index contributed by atoms with van der Waals surface area (Å²) < 4.78 is 0. The molecular weight excluding hydrogens is 286 g/mol. The molecule has 0 bridgehead atoms. The lowest BCUT2D eigenvalue weighted by Crippen LogP contribution is -2.14. The highest BCUT2D eigenvalue weighted by Gasteiger charge is 2.22. The van der Waals surface area contributed by atoms with Gasteiger partial charge in [-0.25, -0.2) is 0 Å². The van der Waals surface area contributed by atoms with Gasteiger partial charge < -0.3 is 5.73 Å². The molecule has 1 aromatic carbocycles. The summed E-state index contributed by atoms with van der Waals surface area (Å²) in [6.07, 6.45) is 9.02. The fraction of sp³-hybridized carbons (Fsp3) is 0.400. The number of hydrogen-bond donors (Lipinski definition) is 1. The molecule has 1 saturated carbocycles. The lowest BCUT2D eigenvalue weighted by atomic mass is 9.83. The van der Waals surface area contributed by atoms with Crippen molar-refractivity contribution in [2.45, 2.75) is 51.0 Å². The van der Waals surface area contributed by atoms with Gasteiger partial charge >= 0.3 is 0 Å². The van der Waals surface area contributed by atoms with Crippen molar-refractivity contribution in [3.05, 3.63) is 63.4 Å². The number of benzene rings is 1. The molecule has 0 amide bonds. The quantitative estimate of drug-likeness (QED) is 0.747. The third-order valence-corrected chi connectivity index (χ3v) is 5.75. The van der Waals surface area contributed by atoms with E-state index in [1.165, 1.54) is 53.7 Å². The number of thiophene rings is 1. The van der Waals surface area contributed by atoms with Gasteiger partial charge in [0.05, 0.1) is 6.04 Å². The standard InChI is InChI=1S/C20H25NS/c1-15(14-16-8-4-2-5-9-16)19(21)20-18(12-13-22-20)17-10-6-3-7-11-17/h2,4-5,8-9,12-14,17,19H,3,6-7,10-11,21H2,1H3. The Bertz CT molecular complexity index is 620. The molecule has 1 atom stereocenters. The first-order valence-electron chi connectivity index (χ1n) is 8.32. The molecule has 1 aromatic heterocycles. The molecule has 1 aliphatic carbocycles. The molecular formula is C20H25NS. The molecule has 1 fully saturated rings. The van der Waals surface area contributed by atoms with Crippen molar-refractivity contribution < 1.29 is 0 Å². The van der Waals surface area contributed by atoms with Gasteiger partial charge in [-0.1, -0.05) is 61.2 Å². The van der Waals surface area contributed by atoms with E-state index in [4.69, 9.17) is 5.73 Å². The first-order valence-corrected chi connectivity index (χ1v) is 9.20.